The van der Waals surface area contributed by atoms with E-state index in [0.717, 1.165) is 65.0 Å². The van der Waals surface area contributed by atoms with E-state index in [4.69, 9.17) is 26.8 Å². The summed E-state index contributed by atoms with van der Waals surface area (Å²) >= 11 is 6.07. The Hall–Kier alpha value is -3.07. The van der Waals surface area contributed by atoms with Crippen molar-refractivity contribution in [3.8, 4) is 11.1 Å². The van der Waals surface area contributed by atoms with Gasteiger partial charge in [0.25, 0.3) is 0 Å². The second-order valence-electron chi connectivity index (χ2n) is 11.7. The first kappa shape index (κ1) is 30.0. The average Bonchev–Trinajstić information content (AvgIpc) is 3.06. The SMILES string of the molecule is NCc1cccc(-c2ccc(C3OC(CN4CCC(O)(c5ccc(Cl)cc5)CC4)CC(c4ccc(CO)cc4)O3)cc2)c1. The van der Waals surface area contributed by atoms with Crippen LogP contribution in [-0.4, -0.2) is 40.9 Å². The summed E-state index contributed by atoms with van der Waals surface area (Å²) in [5.74, 6) is 0. The highest BCUT2D eigenvalue weighted by molar-refractivity contribution is 6.30. The highest BCUT2D eigenvalue weighted by Crippen LogP contribution is 2.40. The molecule has 4 aromatic carbocycles. The lowest BCUT2D eigenvalue weighted by molar-refractivity contribution is -0.253. The summed E-state index contributed by atoms with van der Waals surface area (Å²) in [6.07, 6.45) is 1.32. The van der Waals surface area contributed by atoms with Crippen LogP contribution in [-0.2, 0) is 28.2 Å². The van der Waals surface area contributed by atoms with Crippen LogP contribution in [0.25, 0.3) is 11.1 Å². The van der Waals surface area contributed by atoms with Crippen molar-refractivity contribution >= 4 is 11.6 Å². The molecule has 2 aliphatic heterocycles. The topological polar surface area (TPSA) is 88.2 Å². The zero-order valence-electron chi connectivity index (χ0n) is 24.2. The molecule has 2 fully saturated rings. The lowest BCUT2D eigenvalue weighted by Gasteiger charge is -2.42. The van der Waals surface area contributed by atoms with E-state index >= 15 is 0 Å². The van der Waals surface area contributed by atoms with Crippen molar-refractivity contribution in [2.45, 2.75) is 56.5 Å². The van der Waals surface area contributed by atoms with Crippen LogP contribution >= 0.6 is 11.6 Å². The summed E-state index contributed by atoms with van der Waals surface area (Å²) in [5.41, 5.74) is 12.2. The molecule has 0 saturated carbocycles. The molecule has 6 rings (SSSR count). The van der Waals surface area contributed by atoms with E-state index in [-0.39, 0.29) is 18.8 Å². The Kier molecular flexibility index (Phi) is 9.26. The van der Waals surface area contributed by atoms with Gasteiger partial charge in [0.1, 0.15) is 0 Å². The van der Waals surface area contributed by atoms with Gasteiger partial charge in [0.05, 0.1) is 24.4 Å². The lowest BCUT2D eigenvalue weighted by atomic mass is 9.84. The second-order valence-corrected chi connectivity index (χ2v) is 12.2. The van der Waals surface area contributed by atoms with E-state index < -0.39 is 11.9 Å². The molecule has 4 N–H and O–H groups in total. The summed E-state index contributed by atoms with van der Waals surface area (Å²) < 4.78 is 13.2. The number of aliphatic hydroxyl groups is 2. The van der Waals surface area contributed by atoms with Gasteiger partial charge >= 0.3 is 0 Å². The Morgan fingerprint density at radius 2 is 1.51 bits per heavy atom. The minimum absolute atomic E-state index is 0.0119. The minimum Gasteiger partial charge on any atom is -0.392 e. The number of halogens is 1. The summed E-state index contributed by atoms with van der Waals surface area (Å²) in [4.78, 5) is 2.39. The third kappa shape index (κ3) is 7.03. The van der Waals surface area contributed by atoms with Gasteiger partial charge in [-0.3, -0.25) is 0 Å². The maximum atomic E-state index is 11.4. The van der Waals surface area contributed by atoms with E-state index in [1.54, 1.807) is 0 Å². The van der Waals surface area contributed by atoms with Crippen molar-refractivity contribution < 1.29 is 19.7 Å². The quantitative estimate of drug-likeness (QED) is 0.215. The molecule has 0 bridgehead atoms. The Labute approximate surface area is 258 Å². The van der Waals surface area contributed by atoms with Gasteiger partial charge in [-0.2, -0.15) is 0 Å². The number of nitrogens with two attached hydrogens (primary N) is 1. The van der Waals surface area contributed by atoms with Gasteiger partial charge in [-0.25, -0.2) is 0 Å². The van der Waals surface area contributed by atoms with Crippen LogP contribution in [0.2, 0.25) is 5.02 Å². The fourth-order valence-electron chi connectivity index (χ4n) is 6.19. The maximum Gasteiger partial charge on any atom is 0.184 e. The number of likely N-dealkylation sites (tertiary alicyclic amines) is 1. The third-order valence-corrected chi connectivity index (χ3v) is 9.07. The van der Waals surface area contributed by atoms with Gasteiger partial charge in [0, 0.05) is 43.2 Å². The Morgan fingerprint density at radius 3 is 2.19 bits per heavy atom. The molecule has 0 radical (unpaired) electrons. The first-order valence-electron chi connectivity index (χ1n) is 15.0. The number of aliphatic hydroxyl groups excluding tert-OH is 1. The number of piperidine rings is 1. The highest BCUT2D eigenvalue weighted by atomic mass is 35.5. The summed E-state index contributed by atoms with van der Waals surface area (Å²) in [6, 6.07) is 32.2. The van der Waals surface area contributed by atoms with Crippen LogP contribution in [0.5, 0.6) is 0 Å². The fourth-order valence-corrected chi connectivity index (χ4v) is 6.31. The Morgan fingerprint density at radius 1 is 0.814 bits per heavy atom. The number of rotatable bonds is 8. The van der Waals surface area contributed by atoms with E-state index in [1.807, 2.05) is 60.7 Å². The molecule has 0 aromatic heterocycles. The maximum absolute atomic E-state index is 11.4. The van der Waals surface area contributed by atoms with Crippen LogP contribution in [0.3, 0.4) is 0 Å². The number of hydrogen-bond acceptors (Lipinski definition) is 6. The van der Waals surface area contributed by atoms with Gasteiger partial charge in [0.15, 0.2) is 6.29 Å². The smallest absolute Gasteiger partial charge is 0.184 e. The van der Waals surface area contributed by atoms with Crippen LogP contribution in [0.4, 0.5) is 0 Å². The van der Waals surface area contributed by atoms with E-state index in [9.17, 15) is 10.2 Å². The molecule has 2 saturated heterocycles. The average molecular weight is 599 g/mol. The monoisotopic (exact) mass is 598 g/mol. The Bertz CT molecular complexity index is 1490. The minimum atomic E-state index is -0.845. The molecule has 2 heterocycles. The van der Waals surface area contributed by atoms with Crippen molar-refractivity contribution in [2.24, 2.45) is 5.73 Å². The first-order valence-corrected chi connectivity index (χ1v) is 15.4. The van der Waals surface area contributed by atoms with Crippen LogP contribution in [0.1, 0.15) is 59.5 Å². The summed E-state index contributed by atoms with van der Waals surface area (Å²) in [7, 11) is 0. The summed E-state index contributed by atoms with van der Waals surface area (Å²) in [6.45, 7) is 2.83. The Balaban J connectivity index is 1.18. The standard InChI is InChI=1S/C36H39ClN2O4/c37-32-14-12-31(13-15-32)36(41)16-18-39(19-17-36)23-33-21-34(28-6-4-25(24-40)5-7-28)43-35(42-33)29-10-8-27(9-11-29)30-3-1-2-26(20-30)22-38/h1-15,20,33-35,40-41H,16-19,21-24,38H2. The molecule has 6 nitrogen and oxygen atoms in total. The fraction of sp³-hybridized carbons (Fsp3) is 0.333. The van der Waals surface area contributed by atoms with E-state index in [1.165, 1.54) is 0 Å². The van der Waals surface area contributed by atoms with Crippen LogP contribution < -0.4 is 5.73 Å². The molecule has 3 unspecified atom stereocenters. The van der Waals surface area contributed by atoms with Crippen molar-refractivity contribution in [3.63, 3.8) is 0 Å². The normalized spacial score (nSPS) is 22.4. The zero-order valence-corrected chi connectivity index (χ0v) is 25.0. The van der Waals surface area contributed by atoms with Crippen LogP contribution in [0, 0.1) is 0 Å². The number of ether oxygens (including phenoxy) is 2. The second kappa shape index (κ2) is 13.3. The molecule has 0 spiro atoms. The van der Waals surface area contributed by atoms with Gasteiger partial charge in [0.2, 0.25) is 0 Å². The predicted molar refractivity (Wildman–Crippen MR) is 169 cm³/mol. The number of benzene rings is 4. The summed E-state index contributed by atoms with van der Waals surface area (Å²) in [5, 5.41) is 21.6. The molecule has 224 valence electrons. The van der Waals surface area contributed by atoms with Gasteiger partial charge in [-0.1, -0.05) is 90.5 Å². The van der Waals surface area contributed by atoms with Crippen molar-refractivity contribution in [3.05, 3.63) is 130 Å². The lowest BCUT2D eigenvalue weighted by Crippen LogP contribution is -2.46. The molecule has 0 amide bonds. The molecule has 4 aromatic rings. The molecule has 7 heteroatoms. The highest BCUT2D eigenvalue weighted by Gasteiger charge is 2.37. The van der Waals surface area contributed by atoms with Gasteiger partial charge in [-0.05, 0) is 64.4 Å². The number of nitrogens with zero attached hydrogens (tertiary/aromatic N) is 1. The van der Waals surface area contributed by atoms with Crippen LogP contribution in [0.15, 0.2) is 97.1 Å². The molecule has 0 aliphatic carbocycles. The van der Waals surface area contributed by atoms with Crippen molar-refractivity contribution in [1.29, 1.82) is 0 Å². The molecular weight excluding hydrogens is 560 g/mol. The van der Waals surface area contributed by atoms with Gasteiger partial charge in [-0.15, -0.1) is 0 Å². The predicted octanol–water partition coefficient (Wildman–Crippen LogP) is 6.49. The molecule has 2 aliphatic rings. The molecule has 43 heavy (non-hydrogen) atoms. The zero-order chi connectivity index (χ0) is 29.8. The largest absolute Gasteiger partial charge is 0.392 e. The van der Waals surface area contributed by atoms with Crippen molar-refractivity contribution in [1.82, 2.24) is 4.90 Å². The first-order chi connectivity index (χ1) is 20.9. The number of hydrogen-bond donors (Lipinski definition) is 3. The van der Waals surface area contributed by atoms with E-state index in [0.29, 0.717) is 24.4 Å². The molecule has 3 atom stereocenters. The van der Waals surface area contributed by atoms with Crippen molar-refractivity contribution in [2.75, 3.05) is 19.6 Å². The van der Waals surface area contributed by atoms with E-state index in [2.05, 4.69) is 41.3 Å². The third-order valence-electron chi connectivity index (χ3n) is 8.82. The molecular formula is C36H39ClN2O4. The van der Waals surface area contributed by atoms with Gasteiger partial charge < -0.3 is 30.3 Å².